The highest BCUT2D eigenvalue weighted by Crippen LogP contribution is 2.18. The van der Waals surface area contributed by atoms with Gasteiger partial charge in [-0.2, -0.15) is 0 Å². The maximum atomic E-state index is 12.8. The molecule has 0 N–H and O–H groups in total. The lowest BCUT2D eigenvalue weighted by Gasteiger charge is -2.19. The van der Waals surface area contributed by atoms with Gasteiger partial charge in [-0.15, -0.1) is 0 Å². The number of ether oxygens (including phenoxy) is 3. The highest BCUT2D eigenvalue weighted by atomic mass is 16.5. The lowest BCUT2D eigenvalue weighted by molar-refractivity contribution is 0.0224. The molecule has 0 saturated heterocycles. The van der Waals surface area contributed by atoms with Crippen LogP contribution in [0.1, 0.15) is 92.4 Å². The number of esters is 2. The number of hydrogen-bond donors (Lipinski definition) is 0. The number of benzene rings is 1. The summed E-state index contributed by atoms with van der Waals surface area (Å²) in [6.45, 7) is 5.20. The van der Waals surface area contributed by atoms with Crippen molar-refractivity contribution in [1.29, 1.82) is 0 Å². The Morgan fingerprint density at radius 2 is 1.46 bits per heavy atom. The number of methoxy groups -OCH3 is 1. The average molecular weight is 393 g/mol. The fraction of sp³-hybridized carbons (Fsp3) is 0.652. The van der Waals surface area contributed by atoms with E-state index in [0.29, 0.717) is 13.2 Å². The first-order valence-corrected chi connectivity index (χ1v) is 10.6. The van der Waals surface area contributed by atoms with Crippen LogP contribution in [0, 0.1) is 0 Å². The molecule has 28 heavy (non-hydrogen) atoms. The second-order valence-electron chi connectivity index (χ2n) is 7.05. The van der Waals surface area contributed by atoms with Crippen LogP contribution in [0.2, 0.25) is 0 Å². The first kappa shape index (κ1) is 24.2. The van der Waals surface area contributed by atoms with Gasteiger partial charge >= 0.3 is 11.9 Å². The zero-order valence-corrected chi connectivity index (χ0v) is 17.7. The highest BCUT2D eigenvalue weighted by molar-refractivity contribution is 6.03. The van der Waals surface area contributed by atoms with Gasteiger partial charge in [-0.25, -0.2) is 9.59 Å². The van der Waals surface area contributed by atoms with Crippen LogP contribution in [0.4, 0.5) is 0 Å². The Morgan fingerprint density at radius 3 is 2.11 bits per heavy atom. The average Bonchev–Trinajstić information content (AvgIpc) is 2.71. The minimum Gasteiger partial charge on any atom is -0.462 e. The van der Waals surface area contributed by atoms with Gasteiger partial charge in [0.2, 0.25) is 0 Å². The van der Waals surface area contributed by atoms with E-state index in [1.807, 2.05) is 6.92 Å². The van der Waals surface area contributed by atoms with E-state index < -0.39 is 11.9 Å². The quantitative estimate of drug-likeness (QED) is 0.289. The molecule has 0 aliphatic rings. The molecule has 1 unspecified atom stereocenters. The molecule has 5 heteroatoms. The van der Waals surface area contributed by atoms with E-state index in [4.69, 9.17) is 14.2 Å². The van der Waals surface area contributed by atoms with Crippen molar-refractivity contribution in [2.45, 2.75) is 77.7 Å². The molecule has 1 aromatic carbocycles. The predicted molar refractivity (Wildman–Crippen MR) is 111 cm³/mol. The maximum absolute atomic E-state index is 12.8. The minimum atomic E-state index is -0.472. The summed E-state index contributed by atoms with van der Waals surface area (Å²) in [5, 5.41) is 0. The van der Waals surface area contributed by atoms with Gasteiger partial charge in [-0.05, 0) is 44.2 Å². The number of rotatable bonds is 15. The van der Waals surface area contributed by atoms with Gasteiger partial charge in [0, 0.05) is 13.7 Å². The van der Waals surface area contributed by atoms with E-state index in [2.05, 4.69) is 6.92 Å². The molecular weight excluding hydrogens is 356 g/mol. The Kier molecular flexibility index (Phi) is 13.0. The third-order valence-electron chi connectivity index (χ3n) is 4.63. The second kappa shape index (κ2) is 15.1. The maximum Gasteiger partial charge on any atom is 0.339 e. The SMILES string of the molecule is CCCCCCC(CCCOC)OC(=O)c1ccccc1C(=O)OCCCC. The molecule has 0 bridgehead atoms. The van der Waals surface area contributed by atoms with Crippen LogP contribution in [-0.2, 0) is 14.2 Å². The van der Waals surface area contributed by atoms with Gasteiger partial charge in [0.05, 0.1) is 17.7 Å². The molecule has 0 radical (unpaired) electrons. The van der Waals surface area contributed by atoms with Crippen molar-refractivity contribution in [1.82, 2.24) is 0 Å². The molecule has 0 heterocycles. The molecule has 0 saturated carbocycles. The largest absolute Gasteiger partial charge is 0.462 e. The fourth-order valence-corrected chi connectivity index (χ4v) is 2.96. The molecule has 0 spiro atoms. The highest BCUT2D eigenvalue weighted by Gasteiger charge is 2.22. The Morgan fingerprint density at radius 1 is 0.821 bits per heavy atom. The van der Waals surface area contributed by atoms with E-state index in [0.717, 1.165) is 44.9 Å². The molecule has 0 aromatic heterocycles. The van der Waals surface area contributed by atoms with Gasteiger partial charge < -0.3 is 14.2 Å². The van der Waals surface area contributed by atoms with Crippen LogP contribution >= 0.6 is 0 Å². The molecule has 0 fully saturated rings. The monoisotopic (exact) mass is 392 g/mol. The normalized spacial score (nSPS) is 11.8. The Hall–Kier alpha value is -1.88. The van der Waals surface area contributed by atoms with Crippen molar-refractivity contribution in [3.63, 3.8) is 0 Å². The van der Waals surface area contributed by atoms with Crippen molar-refractivity contribution in [3.8, 4) is 0 Å². The first-order valence-electron chi connectivity index (χ1n) is 10.6. The van der Waals surface area contributed by atoms with E-state index >= 15 is 0 Å². The summed E-state index contributed by atoms with van der Waals surface area (Å²) in [7, 11) is 1.67. The van der Waals surface area contributed by atoms with Crippen LogP contribution in [0.15, 0.2) is 24.3 Å². The van der Waals surface area contributed by atoms with Crippen LogP contribution in [0.25, 0.3) is 0 Å². The third-order valence-corrected chi connectivity index (χ3v) is 4.63. The van der Waals surface area contributed by atoms with E-state index in [-0.39, 0.29) is 17.2 Å². The van der Waals surface area contributed by atoms with Crippen molar-refractivity contribution < 1.29 is 23.8 Å². The molecule has 1 rings (SSSR count). The van der Waals surface area contributed by atoms with Gasteiger partial charge in [-0.3, -0.25) is 0 Å². The standard InChI is InChI=1S/C23H36O5/c1-4-6-8-9-13-19(14-12-17-26-3)28-23(25)21-16-11-10-15-20(21)22(24)27-18-7-5-2/h10-11,15-16,19H,4-9,12-14,17-18H2,1-3H3. The molecular formula is C23H36O5. The summed E-state index contributed by atoms with van der Waals surface area (Å²) < 4.78 is 16.2. The van der Waals surface area contributed by atoms with Crippen molar-refractivity contribution in [2.24, 2.45) is 0 Å². The van der Waals surface area contributed by atoms with Gasteiger partial charge in [0.15, 0.2) is 0 Å². The van der Waals surface area contributed by atoms with Crippen molar-refractivity contribution in [2.75, 3.05) is 20.3 Å². The van der Waals surface area contributed by atoms with E-state index in [1.165, 1.54) is 12.8 Å². The molecule has 0 aliphatic carbocycles. The lowest BCUT2D eigenvalue weighted by atomic mass is 10.0. The van der Waals surface area contributed by atoms with Crippen LogP contribution < -0.4 is 0 Å². The summed E-state index contributed by atoms with van der Waals surface area (Å²) in [4.78, 5) is 25.1. The summed E-state index contributed by atoms with van der Waals surface area (Å²) in [5.41, 5.74) is 0.541. The Labute approximate surface area is 169 Å². The van der Waals surface area contributed by atoms with Gasteiger partial charge in [0.1, 0.15) is 6.10 Å². The Bertz CT molecular complexity index is 570. The Balaban J connectivity index is 2.75. The zero-order valence-electron chi connectivity index (χ0n) is 17.7. The summed E-state index contributed by atoms with van der Waals surface area (Å²) in [6, 6.07) is 6.71. The summed E-state index contributed by atoms with van der Waals surface area (Å²) >= 11 is 0. The molecule has 1 atom stereocenters. The lowest BCUT2D eigenvalue weighted by Crippen LogP contribution is -2.21. The van der Waals surface area contributed by atoms with E-state index in [9.17, 15) is 9.59 Å². The smallest absolute Gasteiger partial charge is 0.339 e. The van der Waals surface area contributed by atoms with Crippen LogP contribution in [-0.4, -0.2) is 38.4 Å². The predicted octanol–water partition coefficient (Wildman–Crippen LogP) is 5.57. The number of hydrogen-bond acceptors (Lipinski definition) is 5. The number of carbonyl (C=O) groups excluding carboxylic acids is 2. The van der Waals surface area contributed by atoms with Crippen molar-refractivity contribution >= 4 is 11.9 Å². The second-order valence-corrected chi connectivity index (χ2v) is 7.05. The number of unbranched alkanes of at least 4 members (excludes halogenated alkanes) is 4. The van der Waals surface area contributed by atoms with Gasteiger partial charge in [-0.1, -0.05) is 51.7 Å². The minimum absolute atomic E-state index is 0.163. The van der Waals surface area contributed by atoms with Crippen LogP contribution in [0.5, 0.6) is 0 Å². The molecule has 0 amide bonds. The van der Waals surface area contributed by atoms with Gasteiger partial charge in [0.25, 0.3) is 0 Å². The first-order chi connectivity index (χ1) is 13.6. The summed E-state index contributed by atoms with van der Waals surface area (Å²) in [5.74, 6) is -0.930. The van der Waals surface area contributed by atoms with Crippen LogP contribution in [0.3, 0.4) is 0 Å². The zero-order chi connectivity index (χ0) is 20.6. The number of carbonyl (C=O) groups is 2. The molecule has 0 aliphatic heterocycles. The van der Waals surface area contributed by atoms with Crippen molar-refractivity contribution in [3.05, 3.63) is 35.4 Å². The molecule has 5 nitrogen and oxygen atoms in total. The summed E-state index contributed by atoms with van der Waals surface area (Å²) in [6.07, 6.45) is 8.52. The fourth-order valence-electron chi connectivity index (χ4n) is 2.96. The topological polar surface area (TPSA) is 61.8 Å². The molecule has 1 aromatic rings. The molecule has 158 valence electrons. The van der Waals surface area contributed by atoms with E-state index in [1.54, 1.807) is 31.4 Å². The third kappa shape index (κ3) is 9.36.